The Morgan fingerprint density at radius 3 is 1.96 bits per heavy atom. The van der Waals surface area contributed by atoms with Crippen LogP contribution in [0.4, 0.5) is 11.4 Å². The van der Waals surface area contributed by atoms with Crippen LogP contribution in [0.2, 0.25) is 0 Å². The Morgan fingerprint density at radius 1 is 0.885 bits per heavy atom. The molecule has 2 rings (SSSR count). The molecule has 3 atom stereocenters. The zero-order chi connectivity index (χ0) is 18.8. The number of para-hydroxylation sites is 2. The van der Waals surface area contributed by atoms with Crippen molar-refractivity contribution in [1.82, 2.24) is 0 Å². The third kappa shape index (κ3) is 5.94. The molecule has 0 saturated heterocycles. The van der Waals surface area contributed by atoms with Crippen molar-refractivity contribution in [3.63, 3.8) is 0 Å². The van der Waals surface area contributed by atoms with Crippen LogP contribution >= 0.6 is 0 Å². The highest BCUT2D eigenvalue weighted by atomic mass is 16.4. The van der Waals surface area contributed by atoms with Crippen LogP contribution in [-0.4, -0.2) is 57.3 Å². The zero-order valence-electron chi connectivity index (χ0n) is 14.0. The van der Waals surface area contributed by atoms with Crippen molar-refractivity contribution in [2.45, 2.75) is 18.3 Å². The van der Waals surface area contributed by atoms with Gasteiger partial charge in [-0.05, 0) is 24.3 Å². The molecule has 2 aromatic rings. The first-order valence-electron chi connectivity index (χ1n) is 7.99. The molecule has 0 heterocycles. The van der Waals surface area contributed by atoms with E-state index >= 15 is 0 Å². The summed E-state index contributed by atoms with van der Waals surface area (Å²) < 4.78 is 0. The molecule has 0 unspecified atom stereocenters. The number of aliphatic hydroxyl groups excluding tert-OH is 4. The molecule has 0 aliphatic carbocycles. The number of benzene rings is 2. The second-order valence-electron chi connectivity index (χ2n) is 5.44. The molecule has 0 radical (unpaired) electrons. The fraction of sp³-hybridized carbons (Fsp3) is 0.222. The Morgan fingerprint density at radius 2 is 1.42 bits per heavy atom. The van der Waals surface area contributed by atoms with Gasteiger partial charge in [0.15, 0.2) is 0 Å². The lowest BCUT2D eigenvalue weighted by atomic mass is 10.0. The summed E-state index contributed by atoms with van der Waals surface area (Å²) in [5.41, 5.74) is 6.87. The monoisotopic (exact) mass is 358 g/mol. The number of nitrogens with zero attached hydrogens (tertiary/aromatic N) is 2. The van der Waals surface area contributed by atoms with Crippen molar-refractivity contribution in [2.75, 3.05) is 17.5 Å². The van der Waals surface area contributed by atoms with Crippen molar-refractivity contribution in [3.05, 3.63) is 60.7 Å². The average Bonchev–Trinajstić information content (AvgIpc) is 2.70. The van der Waals surface area contributed by atoms with E-state index in [1.807, 2.05) is 36.4 Å². The summed E-state index contributed by atoms with van der Waals surface area (Å²) in [6.07, 6.45) is -3.47. The molecule has 2 aromatic carbocycles. The average molecular weight is 358 g/mol. The molecule has 8 heteroatoms. The van der Waals surface area contributed by atoms with E-state index in [0.29, 0.717) is 5.69 Å². The molecule has 0 aromatic heterocycles. The molecule has 26 heavy (non-hydrogen) atoms. The minimum atomic E-state index is -1.63. The summed E-state index contributed by atoms with van der Waals surface area (Å²) in [6, 6.07) is 18.1. The maximum absolute atomic E-state index is 10.2. The minimum absolute atomic E-state index is 0.0303. The number of hydrogen-bond acceptors (Lipinski definition) is 8. The molecular weight excluding hydrogens is 336 g/mol. The van der Waals surface area contributed by atoms with Gasteiger partial charge in [-0.2, -0.15) is 10.2 Å². The van der Waals surface area contributed by atoms with Gasteiger partial charge in [-0.3, -0.25) is 10.9 Å². The summed E-state index contributed by atoms with van der Waals surface area (Å²) in [5, 5.41) is 46.7. The molecular formula is C18H22N4O4. The van der Waals surface area contributed by atoms with Crippen LogP contribution in [0.25, 0.3) is 0 Å². The highest BCUT2D eigenvalue weighted by Gasteiger charge is 2.27. The van der Waals surface area contributed by atoms with Gasteiger partial charge in [0.1, 0.15) is 24.0 Å². The maximum atomic E-state index is 10.2. The number of anilines is 2. The standard InChI is InChI=1S/C18H22N4O4/c23-12-16(24)18(26)17(25)15(22-21-14-9-5-2-6-10-14)11-19-20-13-7-3-1-4-8-13/h1-11,16-18,20-21,23-26H,12H2/t16-,17-,18+/m1/s1. The van der Waals surface area contributed by atoms with Crippen LogP contribution in [0, 0.1) is 0 Å². The highest BCUT2D eigenvalue weighted by Crippen LogP contribution is 2.08. The molecule has 6 N–H and O–H groups in total. The van der Waals surface area contributed by atoms with Crippen LogP contribution in [-0.2, 0) is 0 Å². The molecule has 0 aliphatic heterocycles. The number of rotatable bonds is 9. The van der Waals surface area contributed by atoms with Crippen molar-refractivity contribution in [2.24, 2.45) is 10.2 Å². The Labute approximate surface area is 151 Å². The van der Waals surface area contributed by atoms with E-state index in [2.05, 4.69) is 21.1 Å². The van der Waals surface area contributed by atoms with Crippen molar-refractivity contribution in [1.29, 1.82) is 0 Å². The number of aliphatic hydroxyl groups is 4. The topological polar surface area (TPSA) is 130 Å². The zero-order valence-corrected chi connectivity index (χ0v) is 14.0. The van der Waals surface area contributed by atoms with Gasteiger partial charge in [-0.15, -0.1) is 0 Å². The van der Waals surface area contributed by atoms with Gasteiger partial charge in [0.05, 0.1) is 24.2 Å². The first-order chi connectivity index (χ1) is 12.6. The van der Waals surface area contributed by atoms with E-state index in [1.54, 1.807) is 24.3 Å². The Balaban J connectivity index is 2.14. The molecule has 138 valence electrons. The van der Waals surface area contributed by atoms with Gasteiger partial charge >= 0.3 is 0 Å². The lowest BCUT2D eigenvalue weighted by Crippen LogP contribution is -2.44. The van der Waals surface area contributed by atoms with Gasteiger partial charge in [-0.25, -0.2) is 0 Å². The van der Waals surface area contributed by atoms with E-state index in [1.165, 1.54) is 6.21 Å². The number of hydrogen-bond donors (Lipinski definition) is 6. The quantitative estimate of drug-likeness (QED) is 0.288. The molecule has 0 saturated carbocycles. The molecule has 8 nitrogen and oxygen atoms in total. The van der Waals surface area contributed by atoms with Crippen LogP contribution < -0.4 is 10.9 Å². The second kappa shape index (κ2) is 10.3. The summed E-state index contributed by atoms with van der Waals surface area (Å²) in [5.74, 6) is 0. The van der Waals surface area contributed by atoms with E-state index in [4.69, 9.17) is 5.11 Å². The van der Waals surface area contributed by atoms with Crippen molar-refractivity contribution in [3.8, 4) is 0 Å². The van der Waals surface area contributed by atoms with Gasteiger partial charge in [0.2, 0.25) is 0 Å². The molecule has 0 amide bonds. The van der Waals surface area contributed by atoms with Crippen LogP contribution in [0.15, 0.2) is 70.9 Å². The summed E-state index contributed by atoms with van der Waals surface area (Å²) >= 11 is 0. The fourth-order valence-corrected chi connectivity index (χ4v) is 1.99. The first kappa shape index (κ1) is 19.5. The fourth-order valence-electron chi connectivity index (χ4n) is 1.99. The van der Waals surface area contributed by atoms with Crippen LogP contribution in [0.5, 0.6) is 0 Å². The second-order valence-corrected chi connectivity index (χ2v) is 5.44. The normalized spacial score (nSPS) is 15.5. The number of hydrazone groups is 2. The SMILES string of the molecule is OC[C@@H](O)[C@H](O)[C@H](O)C(C=NNc1ccccc1)=NNc1ccccc1. The van der Waals surface area contributed by atoms with Gasteiger partial charge in [0.25, 0.3) is 0 Å². The maximum Gasteiger partial charge on any atom is 0.128 e. The molecule has 0 fully saturated rings. The predicted octanol–water partition coefficient (Wildman–Crippen LogP) is 0.627. The Hall–Kier alpha value is -2.78. The molecule has 0 bridgehead atoms. The predicted molar refractivity (Wildman–Crippen MR) is 101 cm³/mol. The lowest BCUT2D eigenvalue weighted by molar-refractivity contribution is -0.0548. The molecule has 0 aliphatic rings. The van der Waals surface area contributed by atoms with E-state index in [-0.39, 0.29) is 5.71 Å². The van der Waals surface area contributed by atoms with Gasteiger partial charge in [0, 0.05) is 0 Å². The highest BCUT2D eigenvalue weighted by molar-refractivity contribution is 6.33. The smallest absolute Gasteiger partial charge is 0.128 e. The van der Waals surface area contributed by atoms with Gasteiger partial charge in [-0.1, -0.05) is 36.4 Å². The van der Waals surface area contributed by atoms with Crippen molar-refractivity contribution < 1.29 is 20.4 Å². The van der Waals surface area contributed by atoms with Gasteiger partial charge < -0.3 is 20.4 Å². The Kier molecular flexibility index (Phi) is 7.72. The third-order valence-electron chi connectivity index (χ3n) is 3.46. The van der Waals surface area contributed by atoms with E-state index in [9.17, 15) is 15.3 Å². The largest absolute Gasteiger partial charge is 0.394 e. The number of nitrogens with one attached hydrogen (secondary N) is 2. The lowest BCUT2D eigenvalue weighted by Gasteiger charge is -2.21. The summed E-state index contributed by atoms with van der Waals surface area (Å²) in [4.78, 5) is 0. The van der Waals surface area contributed by atoms with Crippen LogP contribution in [0.3, 0.4) is 0 Å². The first-order valence-corrected chi connectivity index (χ1v) is 7.99. The summed E-state index contributed by atoms with van der Waals surface area (Å²) in [6.45, 7) is -0.697. The molecule has 0 spiro atoms. The van der Waals surface area contributed by atoms with E-state index in [0.717, 1.165) is 5.69 Å². The van der Waals surface area contributed by atoms with Crippen molar-refractivity contribution >= 4 is 23.3 Å². The van der Waals surface area contributed by atoms with Crippen LogP contribution in [0.1, 0.15) is 0 Å². The summed E-state index contributed by atoms with van der Waals surface area (Å²) in [7, 11) is 0. The van der Waals surface area contributed by atoms with E-state index < -0.39 is 24.9 Å². The minimum Gasteiger partial charge on any atom is -0.394 e. The Bertz CT molecular complexity index is 710. The third-order valence-corrected chi connectivity index (χ3v) is 3.46.